The van der Waals surface area contributed by atoms with Crippen molar-refractivity contribution in [2.24, 2.45) is 23.2 Å². The van der Waals surface area contributed by atoms with Crippen molar-refractivity contribution in [3.05, 3.63) is 29.8 Å². The zero-order chi connectivity index (χ0) is 15.5. The molecule has 2 fully saturated rings. The maximum absolute atomic E-state index is 12.8. The second kappa shape index (κ2) is 4.41. The second-order valence-electron chi connectivity index (χ2n) is 6.79. The largest absolute Gasteiger partial charge is 0.356 e. The molecule has 3 atom stereocenters. The Labute approximate surface area is 128 Å². The van der Waals surface area contributed by atoms with E-state index in [0.29, 0.717) is 23.7 Å². The van der Waals surface area contributed by atoms with Gasteiger partial charge < -0.3 is 10.6 Å². The summed E-state index contributed by atoms with van der Waals surface area (Å²) in [5.74, 6) is -1.04. The average Bonchev–Trinajstić information content (AvgIpc) is 3.39. The lowest BCUT2D eigenvalue weighted by molar-refractivity contribution is -0.125. The molecule has 5 heteroatoms. The van der Waals surface area contributed by atoms with E-state index in [0.717, 1.165) is 12.8 Å². The van der Waals surface area contributed by atoms with Crippen LogP contribution in [0.2, 0.25) is 0 Å². The number of hydrogen-bond donors (Lipinski definition) is 2. The van der Waals surface area contributed by atoms with Crippen LogP contribution < -0.4 is 10.6 Å². The van der Waals surface area contributed by atoms with Crippen LogP contribution >= 0.6 is 0 Å². The molecule has 114 valence electrons. The summed E-state index contributed by atoms with van der Waals surface area (Å²) in [5.41, 5.74) is 0.131. The van der Waals surface area contributed by atoms with Gasteiger partial charge in [0.2, 0.25) is 11.8 Å². The number of carbonyl (C=O) groups is 3. The lowest BCUT2D eigenvalue weighted by Gasteiger charge is -2.12. The predicted molar refractivity (Wildman–Crippen MR) is 80.2 cm³/mol. The van der Waals surface area contributed by atoms with Gasteiger partial charge >= 0.3 is 0 Å². The maximum Gasteiger partial charge on any atom is 0.229 e. The van der Waals surface area contributed by atoms with Crippen LogP contribution in [0.5, 0.6) is 0 Å². The van der Waals surface area contributed by atoms with Gasteiger partial charge in [-0.3, -0.25) is 14.4 Å². The molecule has 0 radical (unpaired) electrons. The van der Waals surface area contributed by atoms with Gasteiger partial charge in [-0.25, -0.2) is 0 Å². The van der Waals surface area contributed by atoms with Crippen molar-refractivity contribution in [1.82, 2.24) is 5.32 Å². The van der Waals surface area contributed by atoms with E-state index in [2.05, 4.69) is 10.6 Å². The molecule has 0 bridgehead atoms. The fourth-order valence-corrected chi connectivity index (χ4v) is 3.61. The Bertz CT molecular complexity index is 695. The van der Waals surface area contributed by atoms with Crippen molar-refractivity contribution in [1.29, 1.82) is 0 Å². The van der Waals surface area contributed by atoms with Gasteiger partial charge in [-0.05, 0) is 30.9 Å². The second-order valence-corrected chi connectivity index (χ2v) is 6.79. The molecule has 0 aromatic heterocycles. The molecule has 1 aromatic rings. The third kappa shape index (κ3) is 1.81. The van der Waals surface area contributed by atoms with Gasteiger partial charge in [-0.15, -0.1) is 0 Å². The highest BCUT2D eigenvalue weighted by Crippen LogP contribution is 2.62. The highest BCUT2D eigenvalue weighted by Gasteiger charge is 2.73. The number of amides is 2. The number of anilines is 1. The monoisotopic (exact) mass is 298 g/mol. The fourth-order valence-electron chi connectivity index (χ4n) is 3.61. The van der Waals surface area contributed by atoms with Crippen LogP contribution in [-0.4, -0.2) is 24.1 Å². The van der Waals surface area contributed by atoms with Crippen molar-refractivity contribution in [2.45, 2.75) is 19.8 Å². The lowest BCUT2D eigenvalue weighted by atomic mass is 9.92. The summed E-state index contributed by atoms with van der Waals surface area (Å²) in [6, 6.07) is 6.99. The molecular weight excluding hydrogens is 280 g/mol. The molecule has 1 aromatic carbocycles. The van der Waals surface area contributed by atoms with E-state index < -0.39 is 17.3 Å². The summed E-state index contributed by atoms with van der Waals surface area (Å²) in [5, 5.41) is 5.69. The number of para-hydroxylation sites is 1. The lowest BCUT2D eigenvalue weighted by Crippen LogP contribution is -2.31. The van der Waals surface area contributed by atoms with Crippen molar-refractivity contribution in [3.63, 3.8) is 0 Å². The van der Waals surface area contributed by atoms with Gasteiger partial charge in [0.1, 0.15) is 0 Å². The molecule has 2 N–H and O–H groups in total. The molecule has 0 spiro atoms. The summed E-state index contributed by atoms with van der Waals surface area (Å²) in [4.78, 5) is 37.6. The third-order valence-corrected chi connectivity index (χ3v) is 5.26. The Morgan fingerprint density at radius 1 is 1.32 bits per heavy atom. The normalized spacial score (nSPS) is 32.4. The van der Waals surface area contributed by atoms with Gasteiger partial charge in [0, 0.05) is 12.1 Å². The zero-order valence-electron chi connectivity index (χ0n) is 12.4. The first-order valence-corrected chi connectivity index (χ1v) is 7.76. The van der Waals surface area contributed by atoms with Crippen molar-refractivity contribution < 1.29 is 14.4 Å². The van der Waals surface area contributed by atoms with E-state index in [1.807, 2.05) is 0 Å². The van der Waals surface area contributed by atoms with Crippen LogP contribution in [0.15, 0.2) is 24.3 Å². The number of ketones is 1. The summed E-state index contributed by atoms with van der Waals surface area (Å²) in [6.45, 7) is 2.40. The smallest absolute Gasteiger partial charge is 0.229 e. The average molecular weight is 298 g/mol. The number of Topliss-reactive ketones (excluding diaryl/α,β-unsaturated/α-hetero) is 1. The van der Waals surface area contributed by atoms with E-state index in [1.165, 1.54) is 0 Å². The number of hydrogen-bond acceptors (Lipinski definition) is 3. The summed E-state index contributed by atoms with van der Waals surface area (Å²) < 4.78 is 0. The van der Waals surface area contributed by atoms with Crippen LogP contribution in [-0.2, 0) is 9.59 Å². The Kier molecular flexibility index (Phi) is 2.71. The SMILES string of the molecule is C[C@]12C(=O)c3ccccc3NC(=O)C1[C@H]2C(=O)NCC1CC1. The van der Waals surface area contributed by atoms with Crippen molar-refractivity contribution >= 4 is 23.3 Å². The summed E-state index contributed by atoms with van der Waals surface area (Å²) in [6.07, 6.45) is 2.30. The third-order valence-electron chi connectivity index (χ3n) is 5.26. The minimum Gasteiger partial charge on any atom is -0.356 e. The minimum atomic E-state index is -0.912. The maximum atomic E-state index is 12.8. The zero-order valence-corrected chi connectivity index (χ0v) is 12.4. The van der Waals surface area contributed by atoms with E-state index in [1.54, 1.807) is 31.2 Å². The van der Waals surface area contributed by atoms with E-state index in [4.69, 9.17) is 0 Å². The van der Waals surface area contributed by atoms with E-state index >= 15 is 0 Å². The van der Waals surface area contributed by atoms with Gasteiger partial charge in [0.25, 0.3) is 0 Å². The van der Waals surface area contributed by atoms with Crippen LogP contribution in [0.4, 0.5) is 5.69 Å². The van der Waals surface area contributed by atoms with Crippen LogP contribution in [0.3, 0.4) is 0 Å². The number of rotatable bonds is 3. The predicted octanol–water partition coefficient (Wildman–Crippen LogP) is 1.60. The molecule has 0 saturated heterocycles. The molecule has 3 aliphatic rings. The topological polar surface area (TPSA) is 75.3 Å². The summed E-state index contributed by atoms with van der Waals surface area (Å²) in [7, 11) is 0. The van der Waals surface area contributed by atoms with Crippen LogP contribution in [0.25, 0.3) is 0 Å². The molecular formula is C17H18N2O3. The molecule has 2 saturated carbocycles. The fraction of sp³-hybridized carbons (Fsp3) is 0.471. The first kappa shape index (κ1) is 13.5. The Morgan fingerprint density at radius 2 is 2.05 bits per heavy atom. The molecule has 4 rings (SSSR count). The molecule has 5 nitrogen and oxygen atoms in total. The van der Waals surface area contributed by atoms with Crippen LogP contribution in [0.1, 0.15) is 30.1 Å². The number of fused-ring (bicyclic) bond motifs is 2. The highest BCUT2D eigenvalue weighted by molar-refractivity contribution is 6.19. The Morgan fingerprint density at radius 3 is 2.77 bits per heavy atom. The number of benzene rings is 1. The van der Waals surface area contributed by atoms with Gasteiger partial charge in [0.15, 0.2) is 5.78 Å². The molecule has 1 aliphatic heterocycles. The molecule has 22 heavy (non-hydrogen) atoms. The summed E-state index contributed by atoms with van der Waals surface area (Å²) >= 11 is 0. The van der Waals surface area contributed by atoms with Gasteiger partial charge in [0.05, 0.1) is 22.9 Å². The molecule has 2 amide bonds. The molecule has 2 aliphatic carbocycles. The first-order valence-electron chi connectivity index (χ1n) is 7.76. The van der Waals surface area contributed by atoms with Crippen LogP contribution in [0, 0.1) is 23.2 Å². The minimum absolute atomic E-state index is 0.113. The Balaban J connectivity index is 1.62. The standard InChI is InChI=1S/C17H18N2O3/c1-17-12(15(21)18-8-9-6-7-9)13(17)16(22)19-11-5-3-2-4-10(11)14(17)20/h2-5,9,12-13H,6-8H2,1H3,(H,18,21)(H,19,22)/t12-,13?,17+/m0/s1. The Hall–Kier alpha value is -2.17. The van der Waals surface area contributed by atoms with Gasteiger partial charge in [-0.1, -0.05) is 19.1 Å². The molecule has 1 unspecified atom stereocenters. The number of carbonyl (C=O) groups excluding carboxylic acids is 3. The molecule has 1 heterocycles. The highest BCUT2D eigenvalue weighted by atomic mass is 16.2. The number of nitrogens with one attached hydrogen (secondary N) is 2. The van der Waals surface area contributed by atoms with E-state index in [9.17, 15) is 14.4 Å². The quantitative estimate of drug-likeness (QED) is 0.890. The first-order chi connectivity index (χ1) is 10.5. The van der Waals surface area contributed by atoms with Crippen molar-refractivity contribution in [3.8, 4) is 0 Å². The van der Waals surface area contributed by atoms with E-state index in [-0.39, 0.29) is 17.6 Å². The van der Waals surface area contributed by atoms with Crippen molar-refractivity contribution in [2.75, 3.05) is 11.9 Å². The van der Waals surface area contributed by atoms with Gasteiger partial charge in [-0.2, -0.15) is 0 Å².